The third-order valence-electron chi connectivity index (χ3n) is 0.167. The Bertz CT molecular complexity index is 203. The van der Waals surface area contributed by atoms with E-state index < -0.39 is 23.9 Å². The van der Waals surface area contributed by atoms with Crippen LogP contribution in [0.2, 0.25) is 0 Å². The summed E-state index contributed by atoms with van der Waals surface area (Å²) < 4.78 is 0. The van der Waals surface area contributed by atoms with Crippen LogP contribution in [0.5, 0.6) is 0 Å². The molecular formula is C10H32N2Na2O11. The third-order valence-corrected chi connectivity index (χ3v) is 0.167. The van der Waals surface area contributed by atoms with Crippen molar-refractivity contribution in [3.63, 3.8) is 0 Å². The van der Waals surface area contributed by atoms with Crippen molar-refractivity contribution < 1.29 is 56.0 Å². The summed E-state index contributed by atoms with van der Waals surface area (Å²) in [6.07, 6.45) is 0. The Morgan fingerprint density at radius 2 is 0.600 bits per heavy atom. The van der Waals surface area contributed by atoms with Gasteiger partial charge in [-0.2, -0.15) is 0 Å². The van der Waals surface area contributed by atoms with E-state index in [-0.39, 0.29) is 75.5 Å². The second-order valence-electron chi connectivity index (χ2n) is 2.65. The van der Waals surface area contributed by atoms with Gasteiger partial charge in [0.1, 0.15) is 0 Å². The number of nitrogens with two attached hydrogens (primary N) is 2. The van der Waals surface area contributed by atoms with E-state index in [2.05, 4.69) is 0 Å². The van der Waals surface area contributed by atoms with Gasteiger partial charge in [-0.3, -0.25) is 19.2 Å². The van der Waals surface area contributed by atoms with Crippen LogP contribution < -0.4 is 11.5 Å². The number of carboxylic acids is 4. The third kappa shape index (κ3) is 24100. The van der Waals surface area contributed by atoms with E-state index in [4.69, 9.17) is 51.1 Å². The normalized spacial score (nSPS) is 5.20. The first-order valence-corrected chi connectivity index (χ1v) is 5.03. The molecule has 0 saturated carbocycles. The Balaban J connectivity index is -0.0000000134. The van der Waals surface area contributed by atoms with Crippen molar-refractivity contribution in [1.29, 1.82) is 0 Å². The molecule has 25 heavy (non-hydrogen) atoms. The topological polar surface area (TPSA) is 296 Å². The van der Waals surface area contributed by atoms with Crippen LogP contribution in [0.4, 0.5) is 0 Å². The predicted molar refractivity (Wildman–Crippen MR) is 96.5 cm³/mol. The van der Waals surface area contributed by atoms with E-state index >= 15 is 0 Å². The molecule has 0 atom stereocenters. The van der Waals surface area contributed by atoms with Gasteiger partial charge >= 0.3 is 59.1 Å². The van der Waals surface area contributed by atoms with Crippen LogP contribution in [-0.2, 0) is 19.2 Å². The van der Waals surface area contributed by atoms with E-state index in [0.717, 1.165) is 27.7 Å². The van der Waals surface area contributed by atoms with Crippen LogP contribution in [0.25, 0.3) is 0 Å². The first kappa shape index (κ1) is 64.2. The Labute approximate surface area is 190 Å². The minimum atomic E-state index is -0.833. The zero-order valence-corrected chi connectivity index (χ0v) is 13.5. The van der Waals surface area contributed by atoms with Gasteiger partial charge in [-0.1, -0.05) is 0 Å². The van der Waals surface area contributed by atoms with Gasteiger partial charge in [0.25, 0.3) is 23.9 Å². The molecule has 0 aromatic carbocycles. The van der Waals surface area contributed by atoms with Crippen molar-refractivity contribution in [3.8, 4) is 0 Å². The van der Waals surface area contributed by atoms with E-state index in [9.17, 15) is 0 Å². The standard InChI is InChI=1S/C2H8N2.4C2H4O2.2Na.3H2O.2H/c3-1-2-4;4*1-2(3)4;;;;;;;/h1-4H2;4*1H3,(H,3,4);;;3*1H2;;. The number of carboxylic acid groups (broad SMARTS) is 4. The van der Waals surface area contributed by atoms with Crippen LogP contribution in [0.1, 0.15) is 27.7 Å². The first-order chi connectivity index (χ1) is 8.84. The van der Waals surface area contributed by atoms with E-state index in [1.165, 1.54) is 0 Å². The van der Waals surface area contributed by atoms with Crippen molar-refractivity contribution in [2.24, 2.45) is 11.5 Å². The molecule has 14 N–H and O–H groups in total. The SMILES string of the molecule is CC(=O)O.CC(=O)O.CC(=O)O.CC(=O)O.NCCN.O.O.O.[NaH].[NaH]. The Hall–Kier alpha value is -0.320. The molecule has 0 unspecified atom stereocenters. The quantitative estimate of drug-likeness (QED) is 0.228. The zero-order chi connectivity index (χ0) is 17.7. The first-order valence-electron chi connectivity index (χ1n) is 5.03. The summed E-state index contributed by atoms with van der Waals surface area (Å²) in [5.74, 6) is -3.33. The van der Waals surface area contributed by atoms with E-state index in [0.29, 0.717) is 13.1 Å². The number of hydrogen-bond donors (Lipinski definition) is 6. The van der Waals surface area contributed by atoms with Crippen LogP contribution in [0, 0.1) is 0 Å². The number of rotatable bonds is 1. The van der Waals surface area contributed by atoms with Gasteiger partial charge in [-0.25, -0.2) is 0 Å². The average molecular weight is 402 g/mol. The molecule has 0 aromatic rings. The summed E-state index contributed by atoms with van der Waals surface area (Å²) in [5.41, 5.74) is 9.81. The minimum absolute atomic E-state index is 0. The maximum atomic E-state index is 9.00. The Morgan fingerprint density at radius 3 is 0.600 bits per heavy atom. The van der Waals surface area contributed by atoms with Crippen LogP contribution >= 0.6 is 0 Å². The van der Waals surface area contributed by atoms with Crippen molar-refractivity contribution in [2.45, 2.75) is 27.7 Å². The van der Waals surface area contributed by atoms with Crippen molar-refractivity contribution in [2.75, 3.05) is 13.1 Å². The molecule has 13 nitrogen and oxygen atoms in total. The van der Waals surface area contributed by atoms with E-state index in [1.807, 2.05) is 0 Å². The van der Waals surface area contributed by atoms with Crippen molar-refractivity contribution >= 4 is 83.0 Å². The van der Waals surface area contributed by atoms with Gasteiger partial charge in [-0.05, 0) is 0 Å². The summed E-state index contributed by atoms with van der Waals surface area (Å²) in [6.45, 7) is 5.53. The van der Waals surface area contributed by atoms with Crippen LogP contribution in [-0.4, -0.2) is 133 Å². The summed E-state index contributed by atoms with van der Waals surface area (Å²) in [6, 6.07) is 0. The number of hydrogen-bond acceptors (Lipinski definition) is 6. The fourth-order valence-electron chi connectivity index (χ4n) is 0. The molecule has 0 aliphatic rings. The van der Waals surface area contributed by atoms with Gasteiger partial charge in [-0.15, -0.1) is 0 Å². The predicted octanol–water partition coefficient (Wildman–Crippen LogP) is -4.50. The molecule has 0 bridgehead atoms. The van der Waals surface area contributed by atoms with Crippen molar-refractivity contribution in [3.05, 3.63) is 0 Å². The molecule has 0 aliphatic carbocycles. The number of aliphatic carboxylic acids is 4. The molecule has 150 valence electrons. The monoisotopic (exact) mass is 402 g/mol. The van der Waals surface area contributed by atoms with Gasteiger partial charge in [0.15, 0.2) is 0 Å². The molecule has 15 heteroatoms. The maximum absolute atomic E-state index is 9.00. The molecule has 0 heterocycles. The fourth-order valence-corrected chi connectivity index (χ4v) is 0. The average Bonchev–Trinajstić information content (AvgIpc) is 2.13. The molecule has 0 radical (unpaired) electrons. The molecule has 0 rings (SSSR count). The van der Waals surface area contributed by atoms with Gasteiger partial charge in [0.2, 0.25) is 0 Å². The van der Waals surface area contributed by atoms with Crippen LogP contribution in [0.3, 0.4) is 0 Å². The van der Waals surface area contributed by atoms with Crippen molar-refractivity contribution in [1.82, 2.24) is 0 Å². The molecule has 0 fully saturated rings. The second-order valence-corrected chi connectivity index (χ2v) is 2.65. The molecule has 0 aromatic heterocycles. The van der Waals surface area contributed by atoms with Crippen LogP contribution in [0.15, 0.2) is 0 Å². The molecule has 0 saturated heterocycles. The van der Waals surface area contributed by atoms with E-state index in [1.54, 1.807) is 0 Å². The number of carbonyl (C=O) groups is 4. The summed E-state index contributed by atoms with van der Waals surface area (Å²) in [7, 11) is 0. The molecule has 0 spiro atoms. The van der Waals surface area contributed by atoms with Gasteiger partial charge < -0.3 is 48.3 Å². The molecule has 0 aliphatic heterocycles. The zero-order valence-electron chi connectivity index (χ0n) is 13.5. The van der Waals surface area contributed by atoms with Gasteiger partial charge in [0.05, 0.1) is 0 Å². The molecule has 0 amide bonds. The van der Waals surface area contributed by atoms with Gasteiger partial charge in [0, 0.05) is 40.8 Å². The Morgan fingerprint density at radius 1 is 0.560 bits per heavy atom. The fraction of sp³-hybridized carbons (Fsp3) is 0.600. The second kappa shape index (κ2) is 65.1. The Kier molecular flexibility index (Phi) is 167. The summed E-state index contributed by atoms with van der Waals surface area (Å²) in [5, 5.41) is 29.7. The summed E-state index contributed by atoms with van der Waals surface area (Å²) >= 11 is 0. The molecular weight excluding hydrogens is 370 g/mol. The summed E-state index contributed by atoms with van der Waals surface area (Å²) in [4.78, 5) is 36.0.